The van der Waals surface area contributed by atoms with Gasteiger partial charge in [0.25, 0.3) is 5.91 Å². The Hall–Kier alpha value is -3.19. The summed E-state index contributed by atoms with van der Waals surface area (Å²) in [4.78, 5) is 25.0. The Balaban J connectivity index is 1.69. The summed E-state index contributed by atoms with van der Waals surface area (Å²) in [5, 5.41) is 14.1. The van der Waals surface area contributed by atoms with Crippen molar-refractivity contribution in [1.29, 1.82) is 0 Å². The van der Waals surface area contributed by atoms with Crippen molar-refractivity contribution in [2.24, 2.45) is 0 Å². The van der Waals surface area contributed by atoms with Crippen LogP contribution in [0.15, 0.2) is 36.4 Å². The van der Waals surface area contributed by atoms with Gasteiger partial charge in [0.05, 0.1) is 5.69 Å². The van der Waals surface area contributed by atoms with Crippen LogP contribution in [0.4, 0.5) is 11.4 Å². The Morgan fingerprint density at radius 3 is 2.45 bits per heavy atom. The van der Waals surface area contributed by atoms with E-state index >= 15 is 0 Å². The lowest BCUT2D eigenvalue weighted by Gasteiger charge is -2.09. The number of amides is 2. The zero-order chi connectivity index (χ0) is 21.1. The number of aromatic nitrogens is 3. The molecule has 150 valence electrons. The number of anilines is 2. The first-order chi connectivity index (χ1) is 13.7. The third-order valence-electron chi connectivity index (χ3n) is 4.59. The summed E-state index contributed by atoms with van der Waals surface area (Å²) in [6.07, 6.45) is 0. The molecule has 0 aliphatic carbocycles. The van der Waals surface area contributed by atoms with E-state index < -0.39 is 0 Å². The molecular weight excluding hydrogens is 390 g/mol. The zero-order valence-corrected chi connectivity index (χ0v) is 17.5. The summed E-state index contributed by atoms with van der Waals surface area (Å²) < 4.78 is 1.39. The SMILES string of the molecule is Cc1ccc(C)c(NC(=O)c2nnn(CC(=O)Nc3ccc(C)c(Cl)c3)c2C)c1. The number of benzene rings is 2. The molecule has 0 spiro atoms. The van der Waals surface area contributed by atoms with Crippen molar-refractivity contribution in [2.75, 3.05) is 10.6 Å². The van der Waals surface area contributed by atoms with E-state index in [9.17, 15) is 9.59 Å². The van der Waals surface area contributed by atoms with Crippen LogP contribution in [-0.2, 0) is 11.3 Å². The fourth-order valence-electron chi connectivity index (χ4n) is 2.78. The molecule has 0 bridgehead atoms. The first-order valence-corrected chi connectivity index (χ1v) is 9.47. The molecule has 0 aliphatic heterocycles. The maximum Gasteiger partial charge on any atom is 0.278 e. The second kappa shape index (κ2) is 8.45. The van der Waals surface area contributed by atoms with Crippen LogP contribution in [0.25, 0.3) is 0 Å². The highest BCUT2D eigenvalue weighted by atomic mass is 35.5. The van der Waals surface area contributed by atoms with Crippen molar-refractivity contribution < 1.29 is 9.59 Å². The molecule has 0 aliphatic rings. The molecule has 2 aromatic carbocycles. The molecule has 1 heterocycles. The average molecular weight is 412 g/mol. The molecule has 1 aromatic heterocycles. The van der Waals surface area contributed by atoms with Crippen molar-refractivity contribution in [3.05, 3.63) is 69.5 Å². The van der Waals surface area contributed by atoms with Crippen molar-refractivity contribution in [1.82, 2.24) is 15.0 Å². The lowest BCUT2D eigenvalue weighted by molar-refractivity contribution is -0.117. The number of carbonyl (C=O) groups excluding carboxylic acids is 2. The van der Waals surface area contributed by atoms with Crippen LogP contribution in [0, 0.1) is 27.7 Å². The van der Waals surface area contributed by atoms with Crippen molar-refractivity contribution in [3.8, 4) is 0 Å². The van der Waals surface area contributed by atoms with Crippen LogP contribution < -0.4 is 10.6 Å². The van der Waals surface area contributed by atoms with Crippen LogP contribution in [0.5, 0.6) is 0 Å². The molecule has 0 radical (unpaired) electrons. The van der Waals surface area contributed by atoms with E-state index in [1.807, 2.05) is 45.0 Å². The second-order valence-electron chi connectivity index (χ2n) is 6.97. The molecule has 2 amide bonds. The quantitative estimate of drug-likeness (QED) is 0.662. The summed E-state index contributed by atoms with van der Waals surface area (Å²) >= 11 is 6.08. The Morgan fingerprint density at radius 1 is 1.00 bits per heavy atom. The van der Waals surface area contributed by atoms with Gasteiger partial charge >= 0.3 is 0 Å². The molecule has 3 rings (SSSR count). The standard InChI is InChI=1S/C21H22ClN5O2/c1-12-5-6-14(3)18(9-12)24-21(29)20-15(4)27(26-25-20)11-19(28)23-16-8-7-13(2)17(22)10-16/h5-10H,11H2,1-4H3,(H,23,28)(H,24,29). The molecule has 2 N–H and O–H groups in total. The Kier molecular flexibility index (Phi) is 5.98. The molecule has 0 fully saturated rings. The molecule has 3 aromatic rings. The van der Waals surface area contributed by atoms with Gasteiger partial charge in [-0.25, -0.2) is 4.68 Å². The van der Waals surface area contributed by atoms with Crippen molar-refractivity contribution >= 4 is 34.8 Å². The van der Waals surface area contributed by atoms with Gasteiger partial charge in [0.1, 0.15) is 6.54 Å². The summed E-state index contributed by atoms with van der Waals surface area (Å²) in [7, 11) is 0. The average Bonchev–Trinajstić information content (AvgIpc) is 3.02. The van der Waals surface area contributed by atoms with Gasteiger partial charge in [-0.1, -0.05) is 35.0 Å². The summed E-state index contributed by atoms with van der Waals surface area (Å²) in [5.41, 5.74) is 4.91. The van der Waals surface area contributed by atoms with E-state index in [1.165, 1.54) is 4.68 Å². The molecule has 0 saturated carbocycles. The summed E-state index contributed by atoms with van der Waals surface area (Å²) in [6, 6.07) is 11.1. The largest absolute Gasteiger partial charge is 0.324 e. The minimum atomic E-state index is -0.367. The minimum Gasteiger partial charge on any atom is -0.324 e. The Morgan fingerprint density at radius 2 is 1.72 bits per heavy atom. The number of nitrogens with zero attached hydrogens (tertiary/aromatic N) is 3. The number of hydrogen-bond donors (Lipinski definition) is 2. The number of carbonyl (C=O) groups is 2. The zero-order valence-electron chi connectivity index (χ0n) is 16.7. The van der Waals surface area contributed by atoms with E-state index in [0.29, 0.717) is 16.4 Å². The number of nitrogens with one attached hydrogen (secondary N) is 2. The molecular formula is C21H22ClN5O2. The predicted molar refractivity (Wildman–Crippen MR) is 113 cm³/mol. The predicted octanol–water partition coefficient (Wildman–Crippen LogP) is 4.06. The van der Waals surface area contributed by atoms with Gasteiger partial charge in [-0.15, -0.1) is 5.10 Å². The highest BCUT2D eigenvalue weighted by Gasteiger charge is 2.19. The first kappa shape index (κ1) is 20.5. The molecule has 7 nitrogen and oxygen atoms in total. The van der Waals surface area contributed by atoms with Gasteiger partial charge in [0.2, 0.25) is 5.91 Å². The highest BCUT2D eigenvalue weighted by Crippen LogP contribution is 2.20. The van der Waals surface area contributed by atoms with Gasteiger partial charge < -0.3 is 10.6 Å². The van der Waals surface area contributed by atoms with Gasteiger partial charge in [-0.05, 0) is 62.6 Å². The van der Waals surface area contributed by atoms with Crippen molar-refractivity contribution in [3.63, 3.8) is 0 Å². The van der Waals surface area contributed by atoms with Gasteiger partial charge in [-0.3, -0.25) is 9.59 Å². The number of hydrogen-bond acceptors (Lipinski definition) is 4. The lowest BCUT2D eigenvalue weighted by atomic mass is 10.1. The maximum absolute atomic E-state index is 12.6. The molecule has 29 heavy (non-hydrogen) atoms. The summed E-state index contributed by atoms with van der Waals surface area (Å²) in [5.74, 6) is -0.660. The Labute approximate surface area is 174 Å². The lowest BCUT2D eigenvalue weighted by Crippen LogP contribution is -2.21. The van der Waals surface area contributed by atoms with Crippen LogP contribution >= 0.6 is 11.6 Å². The van der Waals surface area contributed by atoms with E-state index in [-0.39, 0.29) is 24.1 Å². The van der Waals surface area contributed by atoms with Crippen LogP contribution in [0.2, 0.25) is 5.02 Å². The smallest absolute Gasteiger partial charge is 0.278 e. The van der Waals surface area contributed by atoms with Crippen LogP contribution in [0.3, 0.4) is 0 Å². The van der Waals surface area contributed by atoms with Gasteiger partial charge in [-0.2, -0.15) is 0 Å². The normalized spacial score (nSPS) is 10.7. The third kappa shape index (κ3) is 4.81. The monoisotopic (exact) mass is 411 g/mol. The fraction of sp³-hybridized carbons (Fsp3) is 0.238. The molecule has 0 unspecified atom stereocenters. The van der Waals surface area contributed by atoms with Crippen molar-refractivity contribution in [2.45, 2.75) is 34.2 Å². The highest BCUT2D eigenvalue weighted by molar-refractivity contribution is 6.31. The first-order valence-electron chi connectivity index (χ1n) is 9.09. The molecule has 0 atom stereocenters. The van der Waals surface area contributed by atoms with Crippen LogP contribution in [-0.4, -0.2) is 26.8 Å². The van der Waals surface area contributed by atoms with Gasteiger partial charge in [0, 0.05) is 16.4 Å². The van der Waals surface area contributed by atoms with E-state index in [0.717, 1.165) is 22.4 Å². The second-order valence-corrected chi connectivity index (χ2v) is 7.37. The molecule has 8 heteroatoms. The number of aryl methyl sites for hydroxylation is 3. The third-order valence-corrected chi connectivity index (χ3v) is 5.00. The fourth-order valence-corrected chi connectivity index (χ4v) is 2.96. The number of halogens is 1. The van der Waals surface area contributed by atoms with E-state index in [4.69, 9.17) is 11.6 Å². The van der Waals surface area contributed by atoms with E-state index in [2.05, 4.69) is 20.9 Å². The number of rotatable bonds is 5. The van der Waals surface area contributed by atoms with E-state index in [1.54, 1.807) is 19.1 Å². The van der Waals surface area contributed by atoms with Gasteiger partial charge in [0.15, 0.2) is 5.69 Å². The van der Waals surface area contributed by atoms with Crippen LogP contribution in [0.1, 0.15) is 32.9 Å². The minimum absolute atomic E-state index is 0.0684. The topological polar surface area (TPSA) is 88.9 Å². The Bertz CT molecular complexity index is 1090. The summed E-state index contributed by atoms with van der Waals surface area (Å²) in [6.45, 7) is 7.39. The maximum atomic E-state index is 12.6. The molecule has 0 saturated heterocycles.